The van der Waals surface area contributed by atoms with Crippen LogP contribution in [0, 0.1) is 0 Å². The second-order valence-corrected chi connectivity index (χ2v) is 19.0. The first-order chi connectivity index (χ1) is 30.7. The normalized spacial score (nSPS) is 15.3. The maximum atomic E-state index is 13.3. The summed E-state index contributed by atoms with van der Waals surface area (Å²) in [6, 6.07) is -0.436. The molecule has 0 amide bonds. The van der Waals surface area contributed by atoms with Crippen LogP contribution in [0.3, 0.4) is 0 Å². The highest BCUT2D eigenvalue weighted by atomic mass is 16.6. The van der Waals surface area contributed by atoms with Crippen LogP contribution in [0.1, 0.15) is 252 Å². The van der Waals surface area contributed by atoms with E-state index in [1.165, 1.54) is 109 Å². The van der Waals surface area contributed by atoms with Gasteiger partial charge in [0.05, 0.1) is 19.6 Å². The number of likely N-dealkylation sites (tertiary alicyclic amines) is 1. The molecule has 0 saturated carbocycles. The van der Waals surface area contributed by atoms with Gasteiger partial charge in [0.15, 0.2) is 0 Å². The fourth-order valence-electron chi connectivity index (χ4n) is 8.59. The Morgan fingerprint density at radius 3 is 1.48 bits per heavy atom. The Balaban J connectivity index is 2.36. The number of ether oxygens (including phenoxy) is 4. The van der Waals surface area contributed by atoms with Gasteiger partial charge in [0.25, 0.3) is 0 Å². The van der Waals surface area contributed by atoms with E-state index in [-0.39, 0.29) is 36.1 Å². The predicted octanol–water partition coefficient (Wildman–Crippen LogP) is 13.2. The molecule has 1 unspecified atom stereocenters. The van der Waals surface area contributed by atoms with Crippen LogP contribution in [-0.2, 0) is 38.1 Å². The highest BCUT2D eigenvalue weighted by molar-refractivity contribution is 5.76. The van der Waals surface area contributed by atoms with Gasteiger partial charge in [0, 0.05) is 32.4 Å². The van der Waals surface area contributed by atoms with E-state index in [2.05, 4.69) is 25.7 Å². The number of carbonyl (C=O) groups excluding carboxylic acids is 4. The molecule has 10 heteroatoms. The van der Waals surface area contributed by atoms with Gasteiger partial charge in [-0.05, 0) is 78.4 Å². The summed E-state index contributed by atoms with van der Waals surface area (Å²) in [5.74, 6) is -0.638. The van der Waals surface area contributed by atoms with Crippen LogP contribution in [0.25, 0.3) is 0 Å². The van der Waals surface area contributed by atoms with Crippen molar-refractivity contribution in [1.29, 1.82) is 0 Å². The zero-order valence-corrected chi connectivity index (χ0v) is 41.9. The van der Waals surface area contributed by atoms with Crippen LogP contribution in [0.4, 0.5) is 0 Å². The molecule has 370 valence electrons. The quantitative estimate of drug-likeness (QED) is 0.0333. The Kier molecular flexibility index (Phi) is 39.6. The lowest BCUT2D eigenvalue weighted by Gasteiger charge is -2.22. The first-order valence-corrected chi connectivity index (χ1v) is 26.8. The van der Waals surface area contributed by atoms with Crippen molar-refractivity contribution in [1.82, 2.24) is 9.80 Å². The molecule has 0 bridgehead atoms. The van der Waals surface area contributed by atoms with Crippen LogP contribution < -0.4 is 0 Å². The van der Waals surface area contributed by atoms with E-state index < -0.39 is 6.04 Å². The molecule has 10 nitrogen and oxygen atoms in total. The number of hydrogen-bond donors (Lipinski definition) is 0. The Bertz CT molecular complexity index is 1090. The van der Waals surface area contributed by atoms with Gasteiger partial charge in [0.2, 0.25) is 0 Å². The molecule has 0 radical (unpaired) electrons. The predicted molar refractivity (Wildman–Crippen MR) is 259 cm³/mol. The average molecular weight is 893 g/mol. The minimum Gasteiger partial charge on any atom is -0.466 e. The summed E-state index contributed by atoms with van der Waals surface area (Å²) in [7, 11) is 3.86. The van der Waals surface area contributed by atoms with Gasteiger partial charge in [-0.2, -0.15) is 0 Å². The van der Waals surface area contributed by atoms with E-state index in [0.29, 0.717) is 58.5 Å². The summed E-state index contributed by atoms with van der Waals surface area (Å²) < 4.78 is 23.1. The van der Waals surface area contributed by atoms with Crippen molar-refractivity contribution in [2.75, 3.05) is 46.9 Å². The van der Waals surface area contributed by atoms with Crippen molar-refractivity contribution >= 4 is 23.9 Å². The molecule has 1 heterocycles. The van der Waals surface area contributed by atoms with Crippen LogP contribution in [0.2, 0.25) is 0 Å². The first kappa shape index (κ1) is 58.8. The number of unbranched alkanes of at least 4 members (excludes halogenated alkanes) is 25. The van der Waals surface area contributed by atoms with E-state index in [1.807, 2.05) is 19.0 Å². The van der Waals surface area contributed by atoms with E-state index in [0.717, 1.165) is 96.3 Å². The third-order valence-corrected chi connectivity index (χ3v) is 12.6. The number of rotatable bonds is 45. The molecule has 0 aromatic carbocycles. The van der Waals surface area contributed by atoms with E-state index in [9.17, 15) is 19.2 Å². The molecule has 1 aliphatic rings. The molecule has 1 aliphatic heterocycles. The largest absolute Gasteiger partial charge is 0.466 e. The van der Waals surface area contributed by atoms with Gasteiger partial charge in [-0.1, -0.05) is 168 Å². The molecule has 2 atom stereocenters. The second kappa shape index (κ2) is 42.4. The fourth-order valence-corrected chi connectivity index (χ4v) is 8.59. The van der Waals surface area contributed by atoms with Gasteiger partial charge in [-0.3, -0.25) is 24.1 Å². The zero-order valence-electron chi connectivity index (χ0n) is 41.9. The van der Waals surface area contributed by atoms with Crippen LogP contribution >= 0.6 is 0 Å². The van der Waals surface area contributed by atoms with Crippen molar-refractivity contribution < 1.29 is 38.1 Å². The van der Waals surface area contributed by atoms with Crippen molar-refractivity contribution in [2.45, 2.75) is 270 Å². The van der Waals surface area contributed by atoms with Gasteiger partial charge in [0.1, 0.15) is 18.2 Å². The SMILES string of the molecule is CCCCCCCCCCCOC(=O)CCCCCN1CC(OC(=O)CCN(C)C)C[C@H]1C(=O)OCCCCCCCCC(=O)OC(CCCCCCCC)CCCCCCCC. The molecule has 1 rings (SSSR count). The minimum atomic E-state index is -0.436. The molecular formula is C53H100N2O8. The summed E-state index contributed by atoms with van der Waals surface area (Å²) in [6.45, 7) is 9.45. The molecule has 0 aliphatic carbocycles. The van der Waals surface area contributed by atoms with Crippen LogP contribution in [0.5, 0.6) is 0 Å². The first-order valence-electron chi connectivity index (χ1n) is 26.8. The van der Waals surface area contributed by atoms with Gasteiger partial charge >= 0.3 is 23.9 Å². The maximum Gasteiger partial charge on any atom is 0.323 e. The number of nitrogens with zero attached hydrogens (tertiary/aromatic N) is 2. The molecule has 0 spiro atoms. The second-order valence-electron chi connectivity index (χ2n) is 19.0. The molecule has 0 N–H and O–H groups in total. The van der Waals surface area contributed by atoms with E-state index >= 15 is 0 Å². The highest BCUT2D eigenvalue weighted by Crippen LogP contribution is 2.24. The Morgan fingerprint density at radius 2 is 0.952 bits per heavy atom. The standard InChI is InChI=1S/C53H100N2O8/c1-6-9-12-15-18-19-21-26-34-43-60-50(56)38-32-28-33-41-55-46-48(63-52(58)40-42-54(4)5)45-49(55)53(59)61-44-35-27-22-20-25-31-39-51(57)62-47(36-29-23-16-13-10-7-2)37-30-24-17-14-11-8-3/h47-49H,6-46H2,1-5H3/t48?,49-/m0/s1. The van der Waals surface area contributed by atoms with Crippen molar-refractivity contribution in [2.24, 2.45) is 0 Å². The van der Waals surface area contributed by atoms with Gasteiger partial charge in [-0.25, -0.2) is 0 Å². The highest BCUT2D eigenvalue weighted by Gasteiger charge is 2.39. The lowest BCUT2D eigenvalue weighted by Crippen LogP contribution is -2.38. The van der Waals surface area contributed by atoms with Crippen molar-refractivity contribution in [3.63, 3.8) is 0 Å². The topological polar surface area (TPSA) is 112 Å². The fraction of sp³-hybridized carbons (Fsp3) is 0.925. The average Bonchev–Trinajstić information content (AvgIpc) is 3.67. The van der Waals surface area contributed by atoms with E-state index in [4.69, 9.17) is 18.9 Å². The molecule has 1 saturated heterocycles. The monoisotopic (exact) mass is 893 g/mol. The summed E-state index contributed by atoms with van der Waals surface area (Å²) in [5.41, 5.74) is 0. The lowest BCUT2D eigenvalue weighted by atomic mass is 10.0. The Labute approximate surface area is 387 Å². The number of esters is 4. The lowest BCUT2D eigenvalue weighted by molar-refractivity contribution is -0.151. The van der Waals surface area contributed by atoms with Gasteiger partial charge in [-0.15, -0.1) is 0 Å². The minimum absolute atomic E-state index is 0.0325. The smallest absolute Gasteiger partial charge is 0.323 e. The zero-order chi connectivity index (χ0) is 46.0. The Hall–Kier alpha value is -2.20. The summed E-state index contributed by atoms with van der Waals surface area (Å²) in [5, 5.41) is 0. The molecule has 1 fully saturated rings. The van der Waals surface area contributed by atoms with Crippen molar-refractivity contribution in [3.05, 3.63) is 0 Å². The molecule has 63 heavy (non-hydrogen) atoms. The van der Waals surface area contributed by atoms with Crippen LogP contribution in [0.15, 0.2) is 0 Å². The Morgan fingerprint density at radius 1 is 0.508 bits per heavy atom. The third-order valence-electron chi connectivity index (χ3n) is 12.6. The summed E-state index contributed by atoms with van der Waals surface area (Å²) in [6.07, 6.45) is 37.8. The molecular weight excluding hydrogens is 793 g/mol. The number of hydrogen-bond acceptors (Lipinski definition) is 10. The van der Waals surface area contributed by atoms with Crippen molar-refractivity contribution in [3.8, 4) is 0 Å². The molecule has 0 aromatic rings. The van der Waals surface area contributed by atoms with Crippen LogP contribution in [-0.4, -0.2) is 98.9 Å². The third kappa shape index (κ3) is 35.7. The maximum absolute atomic E-state index is 13.3. The van der Waals surface area contributed by atoms with Gasteiger partial charge < -0.3 is 23.8 Å². The summed E-state index contributed by atoms with van der Waals surface area (Å²) >= 11 is 0. The molecule has 0 aromatic heterocycles. The summed E-state index contributed by atoms with van der Waals surface area (Å²) in [4.78, 5) is 55.0. The van der Waals surface area contributed by atoms with E-state index in [1.54, 1.807) is 0 Å². The number of carbonyl (C=O) groups is 4.